The van der Waals surface area contributed by atoms with Crippen molar-refractivity contribution in [3.05, 3.63) is 78.9 Å². The van der Waals surface area contributed by atoms with Crippen LogP contribution in [0.2, 0.25) is 0 Å². The molecule has 0 aromatic heterocycles. The zero-order valence-corrected chi connectivity index (χ0v) is 11.1. The summed E-state index contributed by atoms with van der Waals surface area (Å²) in [6.45, 7) is 3.95. The first-order chi connectivity index (χ1) is 9.86. The second kappa shape index (κ2) is 4.21. The average molecular weight is 254 g/mol. The predicted molar refractivity (Wildman–Crippen MR) is 89.1 cm³/mol. The molecule has 0 aliphatic carbocycles. The molecule has 20 heavy (non-hydrogen) atoms. The van der Waals surface area contributed by atoms with Crippen molar-refractivity contribution in [2.24, 2.45) is 0 Å². The second-order valence-electron chi connectivity index (χ2n) is 5.14. The van der Waals surface area contributed by atoms with Gasteiger partial charge in [-0.15, -0.1) is 0 Å². The van der Waals surface area contributed by atoms with Crippen LogP contribution in [0.25, 0.3) is 38.4 Å². The van der Waals surface area contributed by atoms with Gasteiger partial charge in [-0.1, -0.05) is 67.3 Å². The lowest BCUT2D eigenvalue weighted by Gasteiger charge is -2.09. The van der Waals surface area contributed by atoms with E-state index in [0.29, 0.717) is 0 Å². The predicted octanol–water partition coefficient (Wildman–Crippen LogP) is 5.79. The SMILES string of the molecule is C=Cc1cccc2ccc3cc4ccccc4cc3c12. The fourth-order valence-corrected chi connectivity index (χ4v) is 3.00. The lowest BCUT2D eigenvalue weighted by atomic mass is 9.95. The molecule has 0 nitrogen and oxygen atoms in total. The molecular formula is C20H14. The molecule has 4 aromatic carbocycles. The van der Waals surface area contributed by atoms with E-state index in [0.717, 1.165) is 0 Å². The maximum atomic E-state index is 3.95. The average Bonchev–Trinajstić information content (AvgIpc) is 2.52. The molecule has 0 fully saturated rings. The van der Waals surface area contributed by atoms with Gasteiger partial charge in [0.2, 0.25) is 0 Å². The fourth-order valence-electron chi connectivity index (χ4n) is 3.00. The number of hydrogen-bond acceptors (Lipinski definition) is 0. The van der Waals surface area contributed by atoms with E-state index in [1.807, 2.05) is 6.08 Å². The summed E-state index contributed by atoms with van der Waals surface area (Å²) in [7, 11) is 0. The first-order valence-electron chi connectivity index (χ1n) is 6.83. The number of fused-ring (bicyclic) bond motifs is 4. The van der Waals surface area contributed by atoms with Crippen molar-refractivity contribution in [3.63, 3.8) is 0 Å². The summed E-state index contributed by atoms with van der Waals surface area (Å²) < 4.78 is 0. The van der Waals surface area contributed by atoms with Gasteiger partial charge in [0, 0.05) is 0 Å². The molecule has 0 radical (unpaired) electrons. The molecule has 0 unspecified atom stereocenters. The Morgan fingerprint density at radius 3 is 2.15 bits per heavy atom. The van der Waals surface area contributed by atoms with Crippen LogP contribution in [0.1, 0.15) is 5.56 Å². The lowest BCUT2D eigenvalue weighted by molar-refractivity contribution is 1.74. The van der Waals surface area contributed by atoms with E-state index in [1.165, 1.54) is 37.9 Å². The van der Waals surface area contributed by atoms with Crippen LogP contribution in [-0.4, -0.2) is 0 Å². The third-order valence-corrected chi connectivity index (χ3v) is 3.98. The molecule has 0 aliphatic rings. The third-order valence-electron chi connectivity index (χ3n) is 3.98. The van der Waals surface area contributed by atoms with Crippen LogP contribution in [0.4, 0.5) is 0 Å². The van der Waals surface area contributed by atoms with Crippen LogP contribution in [0, 0.1) is 0 Å². The Labute approximate surface area is 118 Å². The molecule has 0 amide bonds. The Hall–Kier alpha value is -2.60. The molecule has 0 saturated heterocycles. The smallest absolute Gasteiger partial charge is 0.00328 e. The largest absolute Gasteiger partial charge is 0.0984 e. The summed E-state index contributed by atoms with van der Waals surface area (Å²) in [5.74, 6) is 0. The second-order valence-corrected chi connectivity index (χ2v) is 5.14. The Kier molecular flexibility index (Phi) is 2.37. The van der Waals surface area contributed by atoms with E-state index >= 15 is 0 Å². The van der Waals surface area contributed by atoms with Gasteiger partial charge >= 0.3 is 0 Å². The monoisotopic (exact) mass is 254 g/mol. The standard InChI is InChI=1S/C20H14/c1-2-14-8-5-9-15-10-11-18-12-16-6-3-4-7-17(16)13-19(18)20(14)15/h2-13H,1H2. The summed E-state index contributed by atoms with van der Waals surface area (Å²) >= 11 is 0. The molecule has 94 valence electrons. The summed E-state index contributed by atoms with van der Waals surface area (Å²) in [6, 6.07) is 23.9. The molecule has 0 N–H and O–H groups in total. The first kappa shape index (κ1) is 11.2. The maximum Gasteiger partial charge on any atom is -0.00328 e. The zero-order chi connectivity index (χ0) is 13.5. The van der Waals surface area contributed by atoms with E-state index in [9.17, 15) is 0 Å². The highest BCUT2D eigenvalue weighted by Crippen LogP contribution is 2.31. The minimum atomic E-state index is 1.20. The van der Waals surface area contributed by atoms with Crippen LogP contribution >= 0.6 is 0 Å². The maximum absolute atomic E-state index is 3.95. The van der Waals surface area contributed by atoms with E-state index < -0.39 is 0 Å². The molecule has 4 aromatic rings. The Bertz CT molecular complexity index is 961. The topological polar surface area (TPSA) is 0 Å². The number of rotatable bonds is 1. The minimum Gasteiger partial charge on any atom is -0.0984 e. The normalized spacial score (nSPS) is 11.2. The highest BCUT2D eigenvalue weighted by molar-refractivity contribution is 6.14. The molecule has 0 saturated carbocycles. The molecular weight excluding hydrogens is 240 g/mol. The molecule has 0 heterocycles. The van der Waals surface area contributed by atoms with Gasteiger partial charge in [-0.05, 0) is 50.0 Å². The van der Waals surface area contributed by atoms with Crippen LogP contribution in [0.15, 0.2) is 73.3 Å². The van der Waals surface area contributed by atoms with E-state index in [2.05, 4.69) is 73.3 Å². The van der Waals surface area contributed by atoms with Gasteiger partial charge in [0.05, 0.1) is 0 Å². The Morgan fingerprint density at radius 2 is 1.35 bits per heavy atom. The molecule has 4 rings (SSSR count). The van der Waals surface area contributed by atoms with Crippen molar-refractivity contribution in [1.82, 2.24) is 0 Å². The van der Waals surface area contributed by atoms with Crippen molar-refractivity contribution >= 4 is 38.4 Å². The fraction of sp³-hybridized carbons (Fsp3) is 0. The number of hydrogen-bond donors (Lipinski definition) is 0. The zero-order valence-electron chi connectivity index (χ0n) is 11.1. The van der Waals surface area contributed by atoms with Crippen LogP contribution in [0.3, 0.4) is 0 Å². The molecule has 0 spiro atoms. The van der Waals surface area contributed by atoms with Crippen molar-refractivity contribution in [2.45, 2.75) is 0 Å². The van der Waals surface area contributed by atoms with Gasteiger partial charge in [-0.3, -0.25) is 0 Å². The molecule has 0 atom stereocenters. The van der Waals surface area contributed by atoms with Crippen molar-refractivity contribution < 1.29 is 0 Å². The summed E-state index contributed by atoms with van der Waals surface area (Å²) in [6.07, 6.45) is 1.94. The van der Waals surface area contributed by atoms with Crippen molar-refractivity contribution in [1.29, 1.82) is 0 Å². The van der Waals surface area contributed by atoms with E-state index in [-0.39, 0.29) is 0 Å². The molecule has 0 aliphatic heterocycles. The molecule has 0 heteroatoms. The van der Waals surface area contributed by atoms with Gasteiger partial charge in [-0.2, -0.15) is 0 Å². The lowest BCUT2D eigenvalue weighted by Crippen LogP contribution is -1.82. The van der Waals surface area contributed by atoms with Crippen molar-refractivity contribution in [2.75, 3.05) is 0 Å². The quantitative estimate of drug-likeness (QED) is 0.298. The van der Waals surface area contributed by atoms with Gasteiger partial charge in [0.25, 0.3) is 0 Å². The minimum absolute atomic E-state index is 1.20. The van der Waals surface area contributed by atoms with Gasteiger partial charge in [0.15, 0.2) is 0 Å². The summed E-state index contributed by atoms with van der Waals surface area (Å²) in [4.78, 5) is 0. The Balaban J connectivity index is 2.28. The van der Waals surface area contributed by atoms with Crippen LogP contribution < -0.4 is 0 Å². The highest BCUT2D eigenvalue weighted by atomic mass is 14.1. The van der Waals surface area contributed by atoms with Gasteiger partial charge in [-0.25, -0.2) is 0 Å². The highest BCUT2D eigenvalue weighted by Gasteiger charge is 2.05. The van der Waals surface area contributed by atoms with Crippen LogP contribution in [-0.2, 0) is 0 Å². The van der Waals surface area contributed by atoms with Crippen LogP contribution in [0.5, 0.6) is 0 Å². The summed E-state index contributed by atoms with van der Waals surface area (Å²) in [5, 5.41) is 7.72. The third kappa shape index (κ3) is 1.55. The first-order valence-corrected chi connectivity index (χ1v) is 6.83. The van der Waals surface area contributed by atoms with Crippen molar-refractivity contribution in [3.8, 4) is 0 Å². The van der Waals surface area contributed by atoms with E-state index in [4.69, 9.17) is 0 Å². The molecule has 0 bridgehead atoms. The number of benzene rings is 4. The van der Waals surface area contributed by atoms with Gasteiger partial charge < -0.3 is 0 Å². The summed E-state index contributed by atoms with van der Waals surface area (Å²) in [5.41, 5.74) is 1.20. The van der Waals surface area contributed by atoms with Gasteiger partial charge in [0.1, 0.15) is 0 Å². The Morgan fingerprint density at radius 1 is 0.650 bits per heavy atom. The van der Waals surface area contributed by atoms with E-state index in [1.54, 1.807) is 0 Å².